The molecule has 0 spiro atoms. The number of aliphatic hydroxyl groups excluding tert-OH is 1. The first kappa shape index (κ1) is 14.9. The molecule has 0 aromatic heterocycles. The number of rotatable bonds is 6. The average Bonchev–Trinajstić information content (AvgIpc) is 2.36. The van der Waals surface area contributed by atoms with Gasteiger partial charge in [0, 0.05) is 6.42 Å². The highest BCUT2D eigenvalue weighted by Crippen LogP contribution is 2.22. The summed E-state index contributed by atoms with van der Waals surface area (Å²) in [7, 11) is 0. The molecule has 104 valence electrons. The van der Waals surface area contributed by atoms with Crippen molar-refractivity contribution in [3.8, 4) is 0 Å². The largest absolute Gasteiger partial charge is 0.480 e. The molecule has 4 N–H and O–H groups in total. The predicted molar refractivity (Wildman–Crippen MR) is 66.0 cm³/mol. The Balaban J connectivity index is 2.36. The first-order valence-corrected chi connectivity index (χ1v) is 6.38. The first-order chi connectivity index (χ1) is 8.54. The number of aliphatic hydroxyl groups is 1. The van der Waals surface area contributed by atoms with Crippen LogP contribution in [-0.4, -0.2) is 47.8 Å². The van der Waals surface area contributed by atoms with E-state index in [9.17, 15) is 9.59 Å². The van der Waals surface area contributed by atoms with Crippen LogP contribution in [0.4, 0.5) is 0 Å². The maximum atomic E-state index is 11.7. The van der Waals surface area contributed by atoms with Gasteiger partial charge in [-0.1, -0.05) is 6.92 Å². The number of carbonyl (C=O) groups is 2. The highest BCUT2D eigenvalue weighted by Gasteiger charge is 2.24. The van der Waals surface area contributed by atoms with Gasteiger partial charge in [0.1, 0.15) is 6.04 Å². The fourth-order valence-electron chi connectivity index (χ4n) is 2.26. The van der Waals surface area contributed by atoms with Crippen LogP contribution in [-0.2, 0) is 9.59 Å². The minimum Gasteiger partial charge on any atom is -0.480 e. The van der Waals surface area contributed by atoms with Crippen molar-refractivity contribution in [1.82, 2.24) is 10.6 Å². The minimum atomic E-state index is -1.21. The van der Waals surface area contributed by atoms with E-state index in [2.05, 4.69) is 10.6 Å². The molecule has 2 unspecified atom stereocenters. The number of hydrogen-bond donors (Lipinski definition) is 4. The van der Waals surface area contributed by atoms with Gasteiger partial charge in [-0.15, -0.1) is 0 Å². The highest BCUT2D eigenvalue weighted by atomic mass is 16.4. The monoisotopic (exact) mass is 258 g/mol. The highest BCUT2D eigenvalue weighted by molar-refractivity contribution is 5.83. The molecule has 0 saturated carbocycles. The van der Waals surface area contributed by atoms with Crippen molar-refractivity contribution in [2.45, 2.75) is 32.2 Å². The van der Waals surface area contributed by atoms with E-state index in [1.807, 2.05) is 6.92 Å². The van der Waals surface area contributed by atoms with Crippen molar-refractivity contribution in [3.63, 3.8) is 0 Å². The lowest BCUT2D eigenvalue weighted by Gasteiger charge is -2.28. The Morgan fingerprint density at radius 2 is 2.22 bits per heavy atom. The van der Waals surface area contributed by atoms with E-state index < -0.39 is 18.6 Å². The van der Waals surface area contributed by atoms with Crippen LogP contribution in [0.15, 0.2) is 0 Å². The summed E-state index contributed by atoms with van der Waals surface area (Å²) in [6.45, 7) is 3.37. The molecule has 1 rings (SSSR count). The molecular formula is C12H22N2O4. The van der Waals surface area contributed by atoms with Crippen LogP contribution in [0.25, 0.3) is 0 Å². The summed E-state index contributed by atoms with van der Waals surface area (Å²) in [6.07, 6.45) is 2.52. The van der Waals surface area contributed by atoms with Crippen molar-refractivity contribution >= 4 is 11.9 Å². The molecule has 0 aliphatic carbocycles. The zero-order valence-corrected chi connectivity index (χ0v) is 10.7. The van der Waals surface area contributed by atoms with Crippen LogP contribution >= 0.6 is 0 Å². The van der Waals surface area contributed by atoms with E-state index in [1.54, 1.807) is 0 Å². The van der Waals surface area contributed by atoms with Crippen LogP contribution in [0.1, 0.15) is 26.2 Å². The summed E-state index contributed by atoms with van der Waals surface area (Å²) in [5, 5.41) is 23.2. The van der Waals surface area contributed by atoms with E-state index in [-0.39, 0.29) is 11.8 Å². The summed E-state index contributed by atoms with van der Waals surface area (Å²) in [6, 6.07) is -1.20. The van der Waals surface area contributed by atoms with Gasteiger partial charge in [0.2, 0.25) is 5.91 Å². The van der Waals surface area contributed by atoms with Gasteiger partial charge >= 0.3 is 5.97 Å². The van der Waals surface area contributed by atoms with Crippen molar-refractivity contribution < 1.29 is 19.8 Å². The molecule has 18 heavy (non-hydrogen) atoms. The van der Waals surface area contributed by atoms with Gasteiger partial charge in [-0.3, -0.25) is 4.79 Å². The number of carboxylic acids is 1. The van der Waals surface area contributed by atoms with Crippen LogP contribution < -0.4 is 10.6 Å². The number of amides is 1. The maximum Gasteiger partial charge on any atom is 0.328 e. The molecule has 1 heterocycles. The summed E-state index contributed by atoms with van der Waals surface area (Å²) in [5.41, 5.74) is 0. The average molecular weight is 258 g/mol. The van der Waals surface area contributed by atoms with Crippen molar-refractivity contribution in [2.24, 2.45) is 11.8 Å². The third-order valence-electron chi connectivity index (χ3n) is 3.46. The van der Waals surface area contributed by atoms with E-state index in [0.29, 0.717) is 12.3 Å². The standard InChI is InChI=1S/C12H22N2O4/c1-8(9-3-2-4-13-6-9)5-11(16)14-10(7-15)12(17)18/h8-10,13,15H,2-7H2,1H3,(H,14,16)(H,17,18)/t8?,9?,10-/m0/s1. The number of carbonyl (C=O) groups excluding carboxylic acids is 1. The van der Waals surface area contributed by atoms with Gasteiger partial charge in [0.05, 0.1) is 6.61 Å². The molecule has 1 saturated heterocycles. The number of nitrogens with one attached hydrogen (secondary N) is 2. The Labute approximate surface area is 107 Å². The summed E-state index contributed by atoms with van der Waals surface area (Å²) in [4.78, 5) is 22.3. The number of hydrogen-bond acceptors (Lipinski definition) is 4. The fourth-order valence-corrected chi connectivity index (χ4v) is 2.26. The van der Waals surface area contributed by atoms with Gasteiger partial charge in [-0.25, -0.2) is 4.79 Å². The third-order valence-corrected chi connectivity index (χ3v) is 3.46. The Morgan fingerprint density at radius 1 is 1.50 bits per heavy atom. The molecule has 0 aromatic carbocycles. The van der Waals surface area contributed by atoms with Gasteiger partial charge in [-0.2, -0.15) is 0 Å². The van der Waals surface area contributed by atoms with Crippen LogP contribution in [0, 0.1) is 11.8 Å². The van der Waals surface area contributed by atoms with Crippen LogP contribution in [0.3, 0.4) is 0 Å². The lowest BCUT2D eigenvalue weighted by atomic mass is 9.85. The number of piperidine rings is 1. The molecule has 6 nitrogen and oxygen atoms in total. The third kappa shape index (κ3) is 4.62. The number of carboxylic acid groups (broad SMARTS) is 1. The van der Waals surface area contributed by atoms with E-state index in [4.69, 9.17) is 10.2 Å². The van der Waals surface area contributed by atoms with Crippen LogP contribution in [0.5, 0.6) is 0 Å². The van der Waals surface area contributed by atoms with Crippen LogP contribution in [0.2, 0.25) is 0 Å². The molecular weight excluding hydrogens is 236 g/mol. The molecule has 0 radical (unpaired) electrons. The van der Waals surface area contributed by atoms with Gasteiger partial charge in [0.25, 0.3) is 0 Å². The zero-order chi connectivity index (χ0) is 13.5. The lowest BCUT2D eigenvalue weighted by Crippen LogP contribution is -2.44. The molecule has 0 aromatic rings. The zero-order valence-electron chi connectivity index (χ0n) is 10.7. The molecule has 3 atom stereocenters. The maximum absolute atomic E-state index is 11.7. The van der Waals surface area contributed by atoms with E-state index >= 15 is 0 Å². The smallest absolute Gasteiger partial charge is 0.328 e. The molecule has 1 aliphatic rings. The topological polar surface area (TPSA) is 98.7 Å². The molecule has 1 aliphatic heterocycles. The second kappa shape index (κ2) is 7.33. The van der Waals surface area contributed by atoms with Crippen molar-refractivity contribution in [2.75, 3.05) is 19.7 Å². The molecule has 1 amide bonds. The Morgan fingerprint density at radius 3 is 2.72 bits per heavy atom. The Hall–Kier alpha value is -1.14. The Bertz CT molecular complexity index is 290. The van der Waals surface area contributed by atoms with Gasteiger partial charge in [-0.05, 0) is 37.8 Å². The quantitative estimate of drug-likeness (QED) is 0.518. The Kier molecular flexibility index (Phi) is 6.07. The molecule has 6 heteroatoms. The van der Waals surface area contributed by atoms with Gasteiger partial charge in [0.15, 0.2) is 0 Å². The SMILES string of the molecule is CC(CC(=O)N[C@@H](CO)C(=O)O)C1CCCNC1. The second-order valence-corrected chi connectivity index (χ2v) is 4.93. The minimum absolute atomic E-state index is 0.214. The van der Waals surface area contributed by atoms with Gasteiger partial charge < -0.3 is 20.8 Å². The van der Waals surface area contributed by atoms with E-state index in [1.165, 1.54) is 0 Å². The summed E-state index contributed by atoms with van der Waals surface area (Å²) >= 11 is 0. The van der Waals surface area contributed by atoms with E-state index in [0.717, 1.165) is 25.9 Å². The first-order valence-electron chi connectivity index (χ1n) is 6.38. The second-order valence-electron chi connectivity index (χ2n) is 4.93. The fraction of sp³-hybridized carbons (Fsp3) is 0.833. The molecule has 1 fully saturated rings. The summed E-state index contributed by atoms with van der Waals surface area (Å²) < 4.78 is 0. The predicted octanol–water partition coefficient (Wildman–Crippen LogP) is -0.426. The van der Waals surface area contributed by atoms with Crippen molar-refractivity contribution in [3.05, 3.63) is 0 Å². The number of aliphatic carboxylic acids is 1. The van der Waals surface area contributed by atoms with Crippen molar-refractivity contribution in [1.29, 1.82) is 0 Å². The molecule has 0 bridgehead atoms. The summed E-state index contributed by atoms with van der Waals surface area (Å²) in [5.74, 6) is -0.847. The lowest BCUT2D eigenvalue weighted by molar-refractivity contribution is -0.143. The normalized spacial score (nSPS) is 23.1.